The minimum absolute atomic E-state index is 0.000183. The van der Waals surface area contributed by atoms with E-state index in [0.29, 0.717) is 19.4 Å². The highest BCUT2D eigenvalue weighted by Gasteiger charge is 2.32. The molecular formula is C28H37N3O6. The Balaban J connectivity index is 1.62. The smallest absolute Gasteiger partial charge is 0.243 e. The topological polar surface area (TPSA) is 120 Å². The molecule has 2 aromatic rings. The van der Waals surface area contributed by atoms with Gasteiger partial charge in [-0.1, -0.05) is 54.6 Å². The molecule has 0 saturated carbocycles. The van der Waals surface area contributed by atoms with Gasteiger partial charge in [-0.3, -0.25) is 14.8 Å². The van der Waals surface area contributed by atoms with Gasteiger partial charge in [-0.15, -0.1) is 6.58 Å². The largest absolute Gasteiger partial charge is 0.392 e. The van der Waals surface area contributed by atoms with Crippen LogP contribution in [0.4, 0.5) is 0 Å². The Hall–Kier alpha value is -3.08. The molecular weight excluding hydrogens is 474 g/mol. The first-order chi connectivity index (χ1) is 17.9. The zero-order valence-corrected chi connectivity index (χ0v) is 21.3. The number of nitrogens with one attached hydrogen (secondary N) is 2. The summed E-state index contributed by atoms with van der Waals surface area (Å²) in [5.74, 6) is -0.662. The number of carbonyl (C=O) groups excluding carboxylic acids is 2. The number of likely N-dealkylation sites (N-methyl/N-ethyl adjacent to an activating group) is 1. The quantitative estimate of drug-likeness (QED) is 0.185. The van der Waals surface area contributed by atoms with Crippen LogP contribution in [0.5, 0.6) is 0 Å². The minimum Gasteiger partial charge on any atom is -0.392 e. The van der Waals surface area contributed by atoms with E-state index in [4.69, 9.17) is 14.7 Å². The lowest BCUT2D eigenvalue weighted by molar-refractivity contribution is -0.252. The summed E-state index contributed by atoms with van der Waals surface area (Å²) in [6.45, 7) is 5.68. The fourth-order valence-electron chi connectivity index (χ4n) is 4.22. The number of hydrogen-bond donors (Lipinski definition) is 4. The Morgan fingerprint density at radius 3 is 2.32 bits per heavy atom. The van der Waals surface area contributed by atoms with Crippen LogP contribution in [0.25, 0.3) is 0 Å². The van der Waals surface area contributed by atoms with E-state index in [9.17, 15) is 14.7 Å². The Labute approximate surface area is 218 Å². The van der Waals surface area contributed by atoms with Gasteiger partial charge in [0.2, 0.25) is 11.8 Å². The number of ether oxygens (including phenoxy) is 2. The maximum absolute atomic E-state index is 12.0. The summed E-state index contributed by atoms with van der Waals surface area (Å²) < 4.78 is 12.7. The molecule has 1 aliphatic heterocycles. The molecule has 0 bridgehead atoms. The first-order valence-corrected chi connectivity index (χ1v) is 12.5. The summed E-state index contributed by atoms with van der Waals surface area (Å²) in [6.07, 6.45) is 2.50. The van der Waals surface area contributed by atoms with Crippen molar-refractivity contribution in [3.8, 4) is 0 Å². The predicted molar refractivity (Wildman–Crippen MR) is 138 cm³/mol. The average Bonchev–Trinajstić information content (AvgIpc) is 2.92. The molecule has 0 spiro atoms. The average molecular weight is 512 g/mol. The highest BCUT2D eigenvalue weighted by molar-refractivity contribution is 5.78. The van der Waals surface area contributed by atoms with Crippen LogP contribution in [-0.2, 0) is 32.2 Å². The molecule has 9 heteroatoms. The number of hydrogen-bond acceptors (Lipinski definition) is 7. The summed E-state index contributed by atoms with van der Waals surface area (Å²) in [7, 11) is 2.03. The molecule has 37 heavy (non-hydrogen) atoms. The van der Waals surface area contributed by atoms with Crippen LogP contribution in [0.1, 0.15) is 60.3 Å². The number of benzene rings is 2. The predicted octanol–water partition coefficient (Wildman–Crippen LogP) is 3.13. The Kier molecular flexibility index (Phi) is 11.2. The van der Waals surface area contributed by atoms with E-state index in [1.165, 1.54) is 0 Å². The molecule has 1 heterocycles. The molecule has 2 amide bonds. The number of rotatable bonds is 13. The van der Waals surface area contributed by atoms with Gasteiger partial charge < -0.3 is 24.8 Å². The lowest BCUT2D eigenvalue weighted by Crippen LogP contribution is -2.37. The van der Waals surface area contributed by atoms with Gasteiger partial charge in [-0.2, -0.15) is 0 Å². The highest BCUT2D eigenvalue weighted by Crippen LogP contribution is 2.38. The van der Waals surface area contributed by atoms with Crippen molar-refractivity contribution in [1.82, 2.24) is 15.7 Å². The van der Waals surface area contributed by atoms with E-state index in [2.05, 4.69) is 16.8 Å². The minimum atomic E-state index is -0.542. The molecule has 3 atom stereocenters. The Morgan fingerprint density at radius 1 is 1.03 bits per heavy atom. The van der Waals surface area contributed by atoms with Gasteiger partial charge in [-0.25, -0.2) is 5.48 Å². The van der Waals surface area contributed by atoms with Crippen molar-refractivity contribution >= 4 is 11.8 Å². The number of aliphatic hydroxyl groups is 1. The molecule has 1 aliphatic rings. The van der Waals surface area contributed by atoms with E-state index in [1.807, 2.05) is 61.7 Å². The molecule has 0 aliphatic carbocycles. The monoisotopic (exact) mass is 511 g/mol. The van der Waals surface area contributed by atoms with Crippen LogP contribution in [0.3, 0.4) is 0 Å². The zero-order valence-electron chi connectivity index (χ0n) is 21.3. The third kappa shape index (κ3) is 9.07. The van der Waals surface area contributed by atoms with Crippen molar-refractivity contribution < 1.29 is 29.4 Å². The fourth-order valence-corrected chi connectivity index (χ4v) is 4.22. The summed E-state index contributed by atoms with van der Waals surface area (Å²) in [5, 5.41) is 20.7. The number of nitrogens with zero attached hydrogens (tertiary/aromatic N) is 1. The second-order valence-corrected chi connectivity index (χ2v) is 9.27. The SMILES string of the molecule is C=CCN(C)C[C@@H]1C[C@H](c2ccc(CO)cc2)O[C@H](c2ccc(CNC(=O)CCCC(=O)NO)cc2)O1. The highest BCUT2D eigenvalue weighted by atomic mass is 16.7. The van der Waals surface area contributed by atoms with Crippen molar-refractivity contribution in [2.75, 3.05) is 20.1 Å². The van der Waals surface area contributed by atoms with Gasteiger partial charge in [0, 0.05) is 44.5 Å². The first kappa shape index (κ1) is 28.5. The van der Waals surface area contributed by atoms with Gasteiger partial charge in [0.15, 0.2) is 6.29 Å². The summed E-state index contributed by atoms with van der Waals surface area (Å²) in [5.41, 5.74) is 5.27. The van der Waals surface area contributed by atoms with E-state index in [1.54, 1.807) is 5.48 Å². The first-order valence-electron chi connectivity index (χ1n) is 12.5. The molecule has 200 valence electrons. The lowest BCUT2D eigenvalue weighted by atomic mass is 9.99. The van der Waals surface area contributed by atoms with Gasteiger partial charge >= 0.3 is 0 Å². The van der Waals surface area contributed by atoms with Crippen LogP contribution in [0, 0.1) is 0 Å². The third-order valence-electron chi connectivity index (χ3n) is 6.24. The lowest BCUT2D eigenvalue weighted by Gasteiger charge is -2.37. The van der Waals surface area contributed by atoms with E-state index >= 15 is 0 Å². The number of aliphatic hydroxyl groups excluding tert-OH is 1. The Morgan fingerprint density at radius 2 is 1.68 bits per heavy atom. The van der Waals surface area contributed by atoms with Crippen LogP contribution < -0.4 is 10.8 Å². The van der Waals surface area contributed by atoms with E-state index in [-0.39, 0.29) is 37.6 Å². The summed E-state index contributed by atoms with van der Waals surface area (Å²) in [6, 6.07) is 15.5. The van der Waals surface area contributed by atoms with Gasteiger partial charge in [0.05, 0.1) is 18.8 Å². The molecule has 1 saturated heterocycles. The van der Waals surface area contributed by atoms with Gasteiger partial charge in [0.25, 0.3) is 0 Å². The molecule has 3 rings (SSSR count). The summed E-state index contributed by atoms with van der Waals surface area (Å²) >= 11 is 0. The molecule has 9 nitrogen and oxygen atoms in total. The molecule has 4 N–H and O–H groups in total. The van der Waals surface area contributed by atoms with Crippen LogP contribution in [0.2, 0.25) is 0 Å². The molecule has 1 fully saturated rings. The zero-order chi connectivity index (χ0) is 26.6. The molecule has 2 aromatic carbocycles. The van der Waals surface area contributed by atoms with Crippen molar-refractivity contribution in [1.29, 1.82) is 0 Å². The number of carbonyl (C=O) groups is 2. The molecule has 0 radical (unpaired) electrons. The molecule has 0 unspecified atom stereocenters. The van der Waals surface area contributed by atoms with Crippen molar-refractivity contribution in [2.24, 2.45) is 0 Å². The van der Waals surface area contributed by atoms with Gasteiger partial charge in [0.1, 0.15) is 0 Å². The number of hydroxylamine groups is 1. The standard InChI is InChI=1S/C28H37N3O6/c1-3-15-31(2)18-24-16-25(22-11-9-21(19-32)10-12-22)37-28(36-24)23-13-7-20(8-14-23)17-29-26(33)5-4-6-27(34)30-35/h3,7-14,24-25,28,32,35H,1,4-6,15-19H2,2H3,(H,29,33)(H,30,34)/t24-,25+,28+/m0/s1. The van der Waals surface area contributed by atoms with Crippen LogP contribution in [0.15, 0.2) is 61.2 Å². The summed E-state index contributed by atoms with van der Waals surface area (Å²) in [4.78, 5) is 25.2. The second kappa shape index (κ2) is 14.6. The van der Waals surface area contributed by atoms with Gasteiger partial charge in [-0.05, 0) is 30.2 Å². The molecule has 0 aromatic heterocycles. The van der Waals surface area contributed by atoms with Crippen LogP contribution >= 0.6 is 0 Å². The maximum atomic E-state index is 12.0. The van der Waals surface area contributed by atoms with Crippen molar-refractivity contribution in [3.63, 3.8) is 0 Å². The van der Waals surface area contributed by atoms with E-state index in [0.717, 1.165) is 35.3 Å². The normalized spacial score (nSPS) is 19.4. The number of amides is 2. The van der Waals surface area contributed by atoms with Crippen molar-refractivity contribution in [3.05, 3.63) is 83.4 Å². The maximum Gasteiger partial charge on any atom is 0.243 e. The second-order valence-electron chi connectivity index (χ2n) is 9.27. The third-order valence-corrected chi connectivity index (χ3v) is 6.24. The van der Waals surface area contributed by atoms with Crippen molar-refractivity contribution in [2.45, 2.75) is 57.3 Å². The Bertz CT molecular complexity index is 1010. The fraction of sp³-hybridized carbons (Fsp3) is 0.429. The van der Waals surface area contributed by atoms with Crippen LogP contribution in [-0.4, -0.2) is 53.3 Å². The van der Waals surface area contributed by atoms with E-state index < -0.39 is 12.2 Å².